The first-order valence-electron chi connectivity index (χ1n) is 9.32. The van der Waals surface area contributed by atoms with Crippen LogP contribution in [0.3, 0.4) is 0 Å². The Kier molecular flexibility index (Phi) is 7.02. The van der Waals surface area contributed by atoms with Crippen molar-refractivity contribution >= 4 is 70.0 Å². The molecule has 2 aromatic rings. The molecule has 0 nitrogen and oxygen atoms in total. The molecule has 2 aliphatic rings. The Bertz CT molecular complexity index is 1030. The fourth-order valence-electron chi connectivity index (χ4n) is 3.13. The summed E-state index contributed by atoms with van der Waals surface area (Å²) in [5.74, 6) is 0. The Hall–Kier alpha value is -0.850. The van der Waals surface area contributed by atoms with Gasteiger partial charge >= 0.3 is 0 Å². The number of hydrogen-bond donors (Lipinski definition) is 0. The summed E-state index contributed by atoms with van der Waals surface area (Å²) in [6, 6.07) is 21.8. The van der Waals surface area contributed by atoms with E-state index in [9.17, 15) is 0 Å². The van der Waals surface area contributed by atoms with E-state index in [1.165, 1.54) is 49.7 Å². The van der Waals surface area contributed by atoms with Crippen LogP contribution >= 0.6 is 58.8 Å². The average molecular weight is 471 g/mol. The highest BCUT2D eigenvalue weighted by atomic mass is 32.2. The fourth-order valence-corrected chi connectivity index (χ4v) is 9.55. The number of benzene rings is 2. The summed E-state index contributed by atoms with van der Waals surface area (Å²) < 4.78 is 4.18. The normalized spacial score (nSPS) is 18.7. The largest absolute Gasteiger partial charge is 0.122 e. The van der Waals surface area contributed by atoms with E-state index in [4.69, 9.17) is 0 Å². The number of hydrogen-bond acceptors (Lipinski definition) is 5. The van der Waals surface area contributed by atoms with E-state index in [2.05, 4.69) is 87.7 Å². The summed E-state index contributed by atoms with van der Waals surface area (Å²) in [6.07, 6.45) is 2.17. The quantitative estimate of drug-likeness (QED) is 0.435. The van der Waals surface area contributed by atoms with Crippen molar-refractivity contribution in [1.82, 2.24) is 0 Å². The second-order valence-electron chi connectivity index (χ2n) is 6.63. The molecule has 0 radical (unpaired) electrons. The van der Waals surface area contributed by atoms with Crippen molar-refractivity contribution in [2.24, 2.45) is 0 Å². The Balaban J connectivity index is 1.96. The molecule has 0 saturated heterocycles. The molecule has 148 valence electrons. The van der Waals surface area contributed by atoms with Crippen LogP contribution < -0.4 is 0 Å². The summed E-state index contributed by atoms with van der Waals surface area (Å²) in [7, 11) is 0. The maximum absolute atomic E-state index is 2.25. The molecule has 4 rings (SSSR count). The molecule has 2 aliphatic heterocycles. The van der Waals surface area contributed by atoms with E-state index in [1.807, 2.05) is 58.8 Å². The lowest BCUT2D eigenvalue weighted by molar-refractivity contribution is 1.57. The molecule has 0 N–H and O–H groups in total. The van der Waals surface area contributed by atoms with Crippen LogP contribution in [0.2, 0.25) is 0 Å². The molecular formula is C24H22S5. The van der Waals surface area contributed by atoms with Crippen molar-refractivity contribution in [2.75, 3.05) is 6.26 Å². The highest BCUT2D eigenvalue weighted by Crippen LogP contribution is 2.60. The monoisotopic (exact) mass is 470 g/mol. The third kappa shape index (κ3) is 4.59. The molecule has 0 aromatic heterocycles. The minimum Gasteiger partial charge on any atom is -0.122 e. The summed E-state index contributed by atoms with van der Waals surface area (Å²) in [4.78, 5) is 4.21. The molecule has 5 heteroatoms. The topological polar surface area (TPSA) is 0 Å². The van der Waals surface area contributed by atoms with Gasteiger partial charge < -0.3 is 0 Å². The highest BCUT2D eigenvalue weighted by molar-refractivity contribution is 8.35. The predicted octanol–water partition coefficient (Wildman–Crippen LogP) is 9.49. The van der Waals surface area contributed by atoms with Crippen LogP contribution in [0.5, 0.6) is 0 Å². The highest BCUT2D eigenvalue weighted by Gasteiger charge is 2.28. The summed E-state index contributed by atoms with van der Waals surface area (Å²) >= 11 is 9.53. The van der Waals surface area contributed by atoms with Gasteiger partial charge in [-0.25, -0.2) is 0 Å². The first kappa shape index (κ1) is 21.4. The van der Waals surface area contributed by atoms with Gasteiger partial charge in [-0.05, 0) is 48.0 Å². The maximum atomic E-state index is 2.25. The zero-order chi connectivity index (χ0) is 20.4. The van der Waals surface area contributed by atoms with Gasteiger partial charge in [-0.15, -0.1) is 11.8 Å². The number of allylic oxidation sites excluding steroid dienone is 5. The van der Waals surface area contributed by atoms with Crippen LogP contribution in [0.1, 0.15) is 31.9 Å². The van der Waals surface area contributed by atoms with Gasteiger partial charge in [0, 0.05) is 16.1 Å². The third-order valence-electron chi connectivity index (χ3n) is 4.67. The van der Waals surface area contributed by atoms with Crippen molar-refractivity contribution in [3.05, 3.63) is 99.2 Å². The van der Waals surface area contributed by atoms with Crippen molar-refractivity contribution in [2.45, 2.75) is 20.8 Å². The van der Waals surface area contributed by atoms with E-state index in [-0.39, 0.29) is 0 Å². The number of thioether (sulfide) groups is 5. The zero-order valence-corrected chi connectivity index (χ0v) is 20.9. The molecule has 0 atom stereocenters. The van der Waals surface area contributed by atoms with E-state index < -0.39 is 0 Å². The minimum absolute atomic E-state index is 1.28. The Morgan fingerprint density at radius 2 is 1.00 bits per heavy atom. The van der Waals surface area contributed by atoms with Crippen molar-refractivity contribution in [3.8, 4) is 0 Å². The van der Waals surface area contributed by atoms with E-state index >= 15 is 0 Å². The van der Waals surface area contributed by atoms with Crippen molar-refractivity contribution < 1.29 is 0 Å². The summed E-state index contributed by atoms with van der Waals surface area (Å²) in [5, 5.41) is 0. The van der Waals surface area contributed by atoms with Crippen LogP contribution in [0.25, 0.3) is 11.1 Å². The molecule has 29 heavy (non-hydrogen) atoms. The zero-order valence-electron chi connectivity index (χ0n) is 16.8. The van der Waals surface area contributed by atoms with Gasteiger partial charge in [-0.2, -0.15) is 0 Å². The SMILES string of the molecule is CSC1=C(C)SC(=C(C(=C2SC(C)=C(C)S2)c2ccccc2)c2ccccc2)S1. The van der Waals surface area contributed by atoms with E-state index in [0.717, 1.165) is 0 Å². The fraction of sp³-hybridized carbons (Fsp3) is 0.167. The standard InChI is InChI=1S/C24H22S5/c1-15-16(2)27-23(26-15)20(18-11-7-5-8-12-18)21(19-13-9-6-10-14-19)24-28-17(3)22(25-4)29-24/h5-14H,1-4H3. The van der Waals surface area contributed by atoms with Gasteiger partial charge in [-0.3, -0.25) is 0 Å². The Morgan fingerprint density at radius 3 is 1.41 bits per heavy atom. The summed E-state index contributed by atoms with van der Waals surface area (Å²) in [6.45, 7) is 6.70. The molecular weight excluding hydrogens is 449 g/mol. The molecule has 0 amide bonds. The van der Waals surface area contributed by atoms with Gasteiger partial charge in [0.1, 0.15) is 0 Å². The third-order valence-corrected chi connectivity index (χ3v) is 11.3. The van der Waals surface area contributed by atoms with Crippen LogP contribution in [0, 0.1) is 0 Å². The van der Waals surface area contributed by atoms with Gasteiger partial charge in [0.25, 0.3) is 0 Å². The van der Waals surface area contributed by atoms with Gasteiger partial charge in [0.15, 0.2) is 0 Å². The van der Waals surface area contributed by atoms with Crippen LogP contribution in [0.15, 0.2) is 88.1 Å². The first-order valence-corrected chi connectivity index (χ1v) is 13.8. The van der Waals surface area contributed by atoms with E-state index in [0.29, 0.717) is 0 Å². The van der Waals surface area contributed by atoms with Crippen LogP contribution in [-0.4, -0.2) is 6.26 Å². The first-order chi connectivity index (χ1) is 14.1. The molecule has 0 bridgehead atoms. The molecule has 0 fully saturated rings. The van der Waals surface area contributed by atoms with Crippen molar-refractivity contribution in [1.29, 1.82) is 0 Å². The van der Waals surface area contributed by atoms with Gasteiger partial charge in [0.2, 0.25) is 0 Å². The summed E-state index contributed by atoms with van der Waals surface area (Å²) in [5.41, 5.74) is 5.28. The smallest absolute Gasteiger partial charge is 0.0586 e. The average Bonchev–Trinajstić information content (AvgIpc) is 3.28. The number of rotatable bonds is 4. The molecule has 2 aromatic carbocycles. The molecule has 0 saturated carbocycles. The molecule has 0 spiro atoms. The van der Waals surface area contributed by atoms with Crippen molar-refractivity contribution in [3.63, 3.8) is 0 Å². The molecule has 0 unspecified atom stereocenters. The Morgan fingerprint density at radius 1 is 0.586 bits per heavy atom. The lowest BCUT2D eigenvalue weighted by atomic mass is 9.95. The van der Waals surface area contributed by atoms with Crippen LogP contribution in [0.4, 0.5) is 0 Å². The second-order valence-corrected chi connectivity index (χ2v) is 12.9. The maximum Gasteiger partial charge on any atom is 0.0586 e. The van der Waals surface area contributed by atoms with E-state index in [1.54, 1.807) is 0 Å². The predicted molar refractivity (Wildman–Crippen MR) is 142 cm³/mol. The molecule has 0 aliphatic carbocycles. The molecule has 2 heterocycles. The van der Waals surface area contributed by atoms with Crippen LogP contribution in [-0.2, 0) is 0 Å². The lowest BCUT2D eigenvalue weighted by Gasteiger charge is -2.18. The lowest BCUT2D eigenvalue weighted by Crippen LogP contribution is -1.94. The second kappa shape index (κ2) is 9.52. The Labute approximate surface area is 195 Å². The van der Waals surface area contributed by atoms with Gasteiger partial charge in [-0.1, -0.05) is 108 Å². The minimum atomic E-state index is 1.28. The van der Waals surface area contributed by atoms with Gasteiger partial charge in [0.05, 0.1) is 12.7 Å².